The van der Waals surface area contributed by atoms with Gasteiger partial charge in [-0.3, -0.25) is 0 Å². The van der Waals surface area contributed by atoms with E-state index in [2.05, 4.69) is 46.9 Å². The minimum absolute atomic E-state index is 0.216. The van der Waals surface area contributed by atoms with Gasteiger partial charge in [0.2, 0.25) is 0 Å². The normalized spacial score (nSPS) is 10.9. The average Bonchev–Trinajstić information content (AvgIpc) is 2.22. The largest absolute Gasteiger partial charge is 0.490 e. The Morgan fingerprint density at radius 2 is 1.67 bits per heavy atom. The SMILES string of the molecule is CC(C)Oc1ccc(I)c2ccccc12. The third-order valence-electron chi connectivity index (χ3n) is 2.19. The molecule has 0 atom stereocenters. The van der Waals surface area contributed by atoms with Crippen LogP contribution in [0.25, 0.3) is 10.8 Å². The molecule has 2 rings (SSSR count). The van der Waals surface area contributed by atoms with Crippen molar-refractivity contribution in [3.05, 3.63) is 40.0 Å². The van der Waals surface area contributed by atoms with E-state index < -0.39 is 0 Å². The van der Waals surface area contributed by atoms with Crippen LogP contribution in [0, 0.1) is 3.57 Å². The maximum Gasteiger partial charge on any atom is 0.127 e. The lowest BCUT2D eigenvalue weighted by Gasteiger charge is -2.12. The minimum Gasteiger partial charge on any atom is -0.490 e. The number of halogens is 1. The van der Waals surface area contributed by atoms with Crippen LogP contribution >= 0.6 is 22.6 Å². The Morgan fingerprint density at radius 3 is 2.33 bits per heavy atom. The monoisotopic (exact) mass is 312 g/mol. The Hall–Kier alpha value is -0.770. The molecule has 78 valence electrons. The molecule has 0 spiro atoms. The van der Waals surface area contributed by atoms with Gasteiger partial charge in [-0.1, -0.05) is 24.3 Å². The highest BCUT2D eigenvalue weighted by Gasteiger charge is 2.05. The molecular weight excluding hydrogens is 299 g/mol. The number of rotatable bonds is 2. The van der Waals surface area contributed by atoms with Gasteiger partial charge >= 0.3 is 0 Å². The highest BCUT2D eigenvalue weighted by atomic mass is 127. The van der Waals surface area contributed by atoms with E-state index in [-0.39, 0.29) is 6.10 Å². The number of benzene rings is 2. The van der Waals surface area contributed by atoms with Gasteiger partial charge < -0.3 is 4.74 Å². The summed E-state index contributed by atoms with van der Waals surface area (Å²) in [6, 6.07) is 12.5. The lowest BCUT2D eigenvalue weighted by atomic mass is 10.1. The Morgan fingerprint density at radius 1 is 1.00 bits per heavy atom. The summed E-state index contributed by atoms with van der Waals surface area (Å²) < 4.78 is 7.04. The first-order valence-corrected chi connectivity index (χ1v) is 6.10. The van der Waals surface area contributed by atoms with Crippen molar-refractivity contribution in [2.45, 2.75) is 20.0 Å². The maximum atomic E-state index is 5.78. The summed E-state index contributed by atoms with van der Waals surface area (Å²) in [5.41, 5.74) is 0. The molecule has 0 bridgehead atoms. The summed E-state index contributed by atoms with van der Waals surface area (Å²) >= 11 is 2.35. The van der Waals surface area contributed by atoms with Gasteiger partial charge in [0.1, 0.15) is 5.75 Å². The molecule has 0 amide bonds. The van der Waals surface area contributed by atoms with Crippen LogP contribution in [0.3, 0.4) is 0 Å². The molecule has 0 aromatic heterocycles. The van der Waals surface area contributed by atoms with Gasteiger partial charge in [-0.25, -0.2) is 0 Å². The molecule has 0 heterocycles. The van der Waals surface area contributed by atoms with Crippen molar-refractivity contribution in [3.63, 3.8) is 0 Å². The average molecular weight is 312 g/mol. The zero-order valence-electron chi connectivity index (χ0n) is 8.83. The summed E-state index contributed by atoms with van der Waals surface area (Å²) in [6.45, 7) is 4.10. The van der Waals surface area contributed by atoms with Gasteiger partial charge in [0.05, 0.1) is 6.10 Å². The molecule has 0 N–H and O–H groups in total. The van der Waals surface area contributed by atoms with Crippen molar-refractivity contribution in [2.75, 3.05) is 0 Å². The van der Waals surface area contributed by atoms with Crippen molar-refractivity contribution < 1.29 is 4.74 Å². The first kappa shape index (κ1) is 10.7. The highest BCUT2D eigenvalue weighted by molar-refractivity contribution is 14.1. The van der Waals surface area contributed by atoms with Gasteiger partial charge in [-0.05, 0) is 54.0 Å². The van der Waals surface area contributed by atoms with Crippen LogP contribution in [0.2, 0.25) is 0 Å². The molecule has 2 heteroatoms. The van der Waals surface area contributed by atoms with Crippen molar-refractivity contribution in [2.24, 2.45) is 0 Å². The molecule has 0 aliphatic rings. The molecule has 0 saturated heterocycles. The third-order valence-corrected chi connectivity index (χ3v) is 3.13. The summed E-state index contributed by atoms with van der Waals surface area (Å²) in [7, 11) is 0. The van der Waals surface area contributed by atoms with Crippen molar-refractivity contribution in [3.8, 4) is 5.75 Å². The van der Waals surface area contributed by atoms with Crippen LogP contribution in [-0.2, 0) is 0 Å². The van der Waals surface area contributed by atoms with Gasteiger partial charge in [0, 0.05) is 8.96 Å². The van der Waals surface area contributed by atoms with E-state index in [1.165, 1.54) is 14.3 Å². The molecule has 0 aliphatic carbocycles. The van der Waals surface area contributed by atoms with Crippen LogP contribution in [0.1, 0.15) is 13.8 Å². The number of hydrogen-bond acceptors (Lipinski definition) is 1. The van der Waals surface area contributed by atoms with Crippen molar-refractivity contribution >= 4 is 33.4 Å². The lowest BCUT2D eigenvalue weighted by Crippen LogP contribution is -2.05. The Balaban J connectivity index is 2.61. The fourth-order valence-electron chi connectivity index (χ4n) is 1.59. The van der Waals surface area contributed by atoms with Crippen LogP contribution in [0.4, 0.5) is 0 Å². The second kappa shape index (κ2) is 4.39. The fourth-order valence-corrected chi connectivity index (χ4v) is 2.24. The van der Waals surface area contributed by atoms with Crippen LogP contribution in [0.5, 0.6) is 5.75 Å². The summed E-state index contributed by atoms with van der Waals surface area (Å²) in [4.78, 5) is 0. The molecule has 0 fully saturated rings. The van der Waals surface area contributed by atoms with E-state index >= 15 is 0 Å². The summed E-state index contributed by atoms with van der Waals surface area (Å²) in [6.07, 6.45) is 0.216. The maximum absolute atomic E-state index is 5.78. The molecule has 0 aliphatic heterocycles. The first-order chi connectivity index (χ1) is 7.18. The standard InChI is InChI=1S/C13H13IO/c1-9(2)15-13-8-7-12(14)10-5-3-4-6-11(10)13/h3-9H,1-2H3. The van der Waals surface area contributed by atoms with Crippen LogP contribution in [0.15, 0.2) is 36.4 Å². The highest BCUT2D eigenvalue weighted by Crippen LogP contribution is 2.29. The van der Waals surface area contributed by atoms with Gasteiger partial charge in [-0.2, -0.15) is 0 Å². The van der Waals surface area contributed by atoms with Gasteiger partial charge in [-0.15, -0.1) is 0 Å². The number of ether oxygens (including phenoxy) is 1. The minimum atomic E-state index is 0.216. The van der Waals surface area contributed by atoms with E-state index in [1.54, 1.807) is 0 Å². The summed E-state index contributed by atoms with van der Waals surface area (Å²) in [5.74, 6) is 0.973. The molecule has 15 heavy (non-hydrogen) atoms. The van der Waals surface area contributed by atoms with Gasteiger partial charge in [0.15, 0.2) is 0 Å². The predicted molar refractivity (Wildman–Crippen MR) is 72.4 cm³/mol. The Kier molecular flexibility index (Phi) is 3.14. The van der Waals surface area contributed by atoms with Crippen LogP contribution in [-0.4, -0.2) is 6.10 Å². The van der Waals surface area contributed by atoms with E-state index in [1.807, 2.05) is 26.0 Å². The zero-order chi connectivity index (χ0) is 10.8. The van der Waals surface area contributed by atoms with Crippen molar-refractivity contribution in [1.29, 1.82) is 0 Å². The topological polar surface area (TPSA) is 9.23 Å². The van der Waals surface area contributed by atoms with Gasteiger partial charge in [0.25, 0.3) is 0 Å². The molecule has 1 nitrogen and oxygen atoms in total. The van der Waals surface area contributed by atoms with Crippen LogP contribution < -0.4 is 4.74 Å². The Bertz CT molecular complexity index is 477. The molecular formula is C13H13IO. The predicted octanol–water partition coefficient (Wildman–Crippen LogP) is 4.23. The number of fused-ring (bicyclic) bond motifs is 1. The summed E-state index contributed by atoms with van der Waals surface area (Å²) in [5, 5.41) is 2.45. The molecule has 2 aromatic carbocycles. The molecule has 0 saturated carbocycles. The molecule has 0 radical (unpaired) electrons. The third kappa shape index (κ3) is 2.25. The first-order valence-electron chi connectivity index (χ1n) is 5.02. The molecule has 0 unspecified atom stereocenters. The van der Waals surface area contributed by atoms with E-state index in [0.717, 1.165) is 5.75 Å². The quantitative estimate of drug-likeness (QED) is 0.754. The lowest BCUT2D eigenvalue weighted by molar-refractivity contribution is 0.245. The Labute approximate surface area is 104 Å². The zero-order valence-corrected chi connectivity index (χ0v) is 11.0. The van der Waals surface area contributed by atoms with E-state index in [9.17, 15) is 0 Å². The second-order valence-electron chi connectivity index (χ2n) is 3.76. The molecule has 2 aromatic rings. The second-order valence-corrected chi connectivity index (χ2v) is 4.92. The van der Waals surface area contributed by atoms with E-state index in [4.69, 9.17) is 4.74 Å². The number of hydrogen-bond donors (Lipinski definition) is 0. The van der Waals surface area contributed by atoms with E-state index in [0.29, 0.717) is 0 Å². The fraction of sp³-hybridized carbons (Fsp3) is 0.231. The van der Waals surface area contributed by atoms with Crippen molar-refractivity contribution in [1.82, 2.24) is 0 Å². The smallest absolute Gasteiger partial charge is 0.127 e.